The second-order valence-electron chi connectivity index (χ2n) is 5.77. The molecule has 0 atom stereocenters. The molecule has 2 aromatic rings. The summed E-state index contributed by atoms with van der Waals surface area (Å²) in [5.74, 6) is 0.758. The number of aromatic nitrogens is 1. The number of rotatable bonds is 2. The molecule has 1 N–H and O–H groups in total. The van der Waals surface area contributed by atoms with Gasteiger partial charge in [-0.1, -0.05) is 5.16 Å². The van der Waals surface area contributed by atoms with E-state index in [9.17, 15) is 4.79 Å². The van der Waals surface area contributed by atoms with E-state index < -0.39 is 5.79 Å². The highest BCUT2D eigenvalue weighted by Gasteiger charge is 2.44. The molecule has 1 amide bonds. The van der Waals surface area contributed by atoms with Crippen LogP contribution in [0, 0.1) is 6.92 Å². The fourth-order valence-corrected chi connectivity index (χ4v) is 2.95. The predicted octanol–water partition coefficient (Wildman–Crippen LogP) is 3.28. The standard InChI is InChI=1S/C16H16N2O4/c1-10-8-14(22-18-10)15(19)17-11-4-5-12-13(9-11)21-16(20-12)6-2-3-7-16/h4-5,8-9H,2-3,6-7H2,1H3,(H,17,19). The van der Waals surface area contributed by atoms with Gasteiger partial charge in [-0.3, -0.25) is 4.79 Å². The van der Waals surface area contributed by atoms with E-state index in [0.717, 1.165) is 31.4 Å². The number of anilines is 1. The first-order chi connectivity index (χ1) is 10.6. The van der Waals surface area contributed by atoms with Gasteiger partial charge in [0.25, 0.3) is 11.7 Å². The minimum absolute atomic E-state index is 0.183. The maximum atomic E-state index is 12.1. The van der Waals surface area contributed by atoms with Crippen molar-refractivity contribution < 1.29 is 18.8 Å². The van der Waals surface area contributed by atoms with Crippen molar-refractivity contribution in [3.8, 4) is 11.5 Å². The molecule has 1 aromatic heterocycles. The Hall–Kier alpha value is -2.50. The molecule has 6 heteroatoms. The van der Waals surface area contributed by atoms with E-state index >= 15 is 0 Å². The van der Waals surface area contributed by atoms with Crippen LogP contribution < -0.4 is 14.8 Å². The molecule has 1 spiro atoms. The maximum absolute atomic E-state index is 12.1. The Morgan fingerprint density at radius 3 is 2.68 bits per heavy atom. The molecule has 2 heterocycles. The Balaban J connectivity index is 1.52. The number of hydrogen-bond acceptors (Lipinski definition) is 5. The topological polar surface area (TPSA) is 73.6 Å². The van der Waals surface area contributed by atoms with Crippen LogP contribution in [0.25, 0.3) is 0 Å². The second-order valence-corrected chi connectivity index (χ2v) is 5.77. The predicted molar refractivity (Wildman–Crippen MR) is 78.1 cm³/mol. The molecule has 6 nitrogen and oxygen atoms in total. The number of nitrogens with zero attached hydrogens (tertiary/aromatic N) is 1. The van der Waals surface area contributed by atoms with Gasteiger partial charge in [0.2, 0.25) is 5.76 Å². The molecule has 114 valence electrons. The molecule has 0 radical (unpaired) electrons. The minimum atomic E-state index is -0.493. The summed E-state index contributed by atoms with van der Waals surface area (Å²) in [5.41, 5.74) is 1.30. The molecule has 1 fully saturated rings. The third-order valence-electron chi connectivity index (χ3n) is 4.01. The lowest BCUT2D eigenvalue weighted by Gasteiger charge is -2.21. The first-order valence-corrected chi connectivity index (χ1v) is 7.40. The Morgan fingerprint density at radius 2 is 1.95 bits per heavy atom. The Labute approximate surface area is 127 Å². The number of ether oxygens (including phenoxy) is 2. The number of hydrogen-bond donors (Lipinski definition) is 1. The summed E-state index contributed by atoms with van der Waals surface area (Å²) < 4.78 is 16.9. The van der Waals surface area contributed by atoms with Crippen LogP contribution in [0.15, 0.2) is 28.8 Å². The normalized spacial score (nSPS) is 17.9. The van der Waals surface area contributed by atoms with Crippen LogP contribution in [-0.2, 0) is 0 Å². The number of benzene rings is 1. The number of carbonyl (C=O) groups is 1. The largest absolute Gasteiger partial charge is 0.448 e. The van der Waals surface area contributed by atoms with Crippen molar-refractivity contribution in [2.75, 3.05) is 5.32 Å². The van der Waals surface area contributed by atoms with E-state index in [1.165, 1.54) is 0 Å². The highest BCUT2D eigenvalue weighted by molar-refractivity contribution is 6.02. The Bertz CT molecular complexity index is 731. The molecule has 22 heavy (non-hydrogen) atoms. The van der Waals surface area contributed by atoms with Crippen molar-refractivity contribution in [1.82, 2.24) is 5.16 Å². The van der Waals surface area contributed by atoms with Crippen LogP contribution in [0.4, 0.5) is 5.69 Å². The summed E-state index contributed by atoms with van der Waals surface area (Å²) in [4.78, 5) is 12.1. The van der Waals surface area contributed by atoms with Gasteiger partial charge >= 0.3 is 0 Å². The monoisotopic (exact) mass is 300 g/mol. The first-order valence-electron chi connectivity index (χ1n) is 7.40. The highest BCUT2D eigenvalue weighted by atomic mass is 16.7. The maximum Gasteiger partial charge on any atom is 0.294 e. The van der Waals surface area contributed by atoms with Crippen LogP contribution >= 0.6 is 0 Å². The summed E-state index contributed by atoms with van der Waals surface area (Å²) in [6.07, 6.45) is 4.03. The van der Waals surface area contributed by atoms with Gasteiger partial charge in [0.15, 0.2) is 11.5 Å². The number of aryl methyl sites for hydroxylation is 1. The number of carbonyl (C=O) groups excluding carboxylic acids is 1. The SMILES string of the molecule is Cc1cc(C(=O)Nc2ccc3c(c2)OC2(CCCC2)O3)on1. The number of fused-ring (bicyclic) bond motifs is 1. The van der Waals surface area contributed by atoms with Gasteiger partial charge in [-0.15, -0.1) is 0 Å². The van der Waals surface area contributed by atoms with Crippen molar-refractivity contribution in [2.45, 2.75) is 38.4 Å². The van der Waals surface area contributed by atoms with Gasteiger partial charge in [-0.25, -0.2) is 0 Å². The zero-order valence-electron chi connectivity index (χ0n) is 12.2. The van der Waals surface area contributed by atoms with Gasteiger partial charge in [0.05, 0.1) is 5.69 Å². The Morgan fingerprint density at radius 1 is 1.18 bits per heavy atom. The quantitative estimate of drug-likeness (QED) is 0.921. The zero-order valence-corrected chi connectivity index (χ0v) is 12.2. The lowest BCUT2D eigenvalue weighted by molar-refractivity contribution is -0.0716. The van der Waals surface area contributed by atoms with Crippen molar-refractivity contribution in [3.63, 3.8) is 0 Å². The van der Waals surface area contributed by atoms with Crippen LogP contribution in [0.2, 0.25) is 0 Å². The van der Waals surface area contributed by atoms with Crippen LogP contribution in [0.3, 0.4) is 0 Å². The molecule has 1 saturated carbocycles. The molecule has 0 bridgehead atoms. The molecule has 1 aromatic carbocycles. The summed E-state index contributed by atoms with van der Waals surface area (Å²) in [6.45, 7) is 1.77. The third kappa shape index (κ3) is 2.20. The van der Waals surface area contributed by atoms with Gasteiger partial charge in [0, 0.05) is 30.7 Å². The summed E-state index contributed by atoms with van der Waals surface area (Å²) >= 11 is 0. The highest BCUT2D eigenvalue weighted by Crippen LogP contribution is 2.47. The molecule has 1 aliphatic heterocycles. The number of nitrogens with one attached hydrogen (secondary N) is 1. The van der Waals surface area contributed by atoms with Crippen LogP contribution in [0.1, 0.15) is 41.9 Å². The molecular weight excluding hydrogens is 284 g/mol. The zero-order chi connectivity index (χ0) is 15.2. The van der Waals surface area contributed by atoms with Crippen LogP contribution in [-0.4, -0.2) is 16.9 Å². The lowest BCUT2D eigenvalue weighted by Crippen LogP contribution is -2.34. The van der Waals surface area contributed by atoms with Gasteiger partial charge < -0.3 is 19.3 Å². The van der Waals surface area contributed by atoms with Crippen molar-refractivity contribution >= 4 is 11.6 Å². The average molecular weight is 300 g/mol. The van der Waals surface area contributed by atoms with Crippen LogP contribution in [0.5, 0.6) is 11.5 Å². The van der Waals surface area contributed by atoms with Crippen molar-refractivity contribution in [1.29, 1.82) is 0 Å². The fourth-order valence-electron chi connectivity index (χ4n) is 2.95. The smallest absolute Gasteiger partial charge is 0.294 e. The second kappa shape index (κ2) is 4.76. The molecule has 2 aliphatic rings. The minimum Gasteiger partial charge on any atom is -0.448 e. The van der Waals surface area contributed by atoms with Crippen molar-refractivity contribution in [3.05, 3.63) is 35.7 Å². The van der Waals surface area contributed by atoms with E-state index in [1.54, 1.807) is 25.1 Å². The van der Waals surface area contributed by atoms with E-state index in [1.807, 2.05) is 6.07 Å². The van der Waals surface area contributed by atoms with Gasteiger partial charge in [-0.05, 0) is 31.9 Å². The van der Waals surface area contributed by atoms with Gasteiger partial charge in [0.1, 0.15) is 0 Å². The average Bonchev–Trinajstić information content (AvgIpc) is 3.19. The third-order valence-corrected chi connectivity index (χ3v) is 4.01. The van der Waals surface area contributed by atoms with E-state index in [4.69, 9.17) is 14.0 Å². The molecule has 0 unspecified atom stereocenters. The van der Waals surface area contributed by atoms with E-state index in [2.05, 4.69) is 10.5 Å². The molecule has 4 rings (SSSR count). The molecule has 0 saturated heterocycles. The lowest BCUT2D eigenvalue weighted by atomic mass is 10.2. The van der Waals surface area contributed by atoms with Gasteiger partial charge in [-0.2, -0.15) is 0 Å². The summed E-state index contributed by atoms with van der Waals surface area (Å²) in [6, 6.07) is 6.99. The summed E-state index contributed by atoms with van der Waals surface area (Å²) in [5, 5.41) is 6.48. The van der Waals surface area contributed by atoms with Crippen molar-refractivity contribution in [2.24, 2.45) is 0 Å². The first kappa shape index (κ1) is 13.2. The fraction of sp³-hybridized carbons (Fsp3) is 0.375. The van der Waals surface area contributed by atoms with E-state index in [-0.39, 0.29) is 11.7 Å². The summed E-state index contributed by atoms with van der Waals surface area (Å²) in [7, 11) is 0. The molecular formula is C16H16N2O4. The molecule has 1 aliphatic carbocycles. The number of amides is 1. The Kier molecular flexibility index (Phi) is 2.85. The van der Waals surface area contributed by atoms with E-state index in [0.29, 0.717) is 17.1 Å².